The van der Waals surface area contributed by atoms with Crippen LogP contribution in [0.4, 0.5) is 0 Å². The van der Waals surface area contributed by atoms with Gasteiger partial charge in [-0.2, -0.15) is 5.10 Å². The number of aryl methyl sites for hydroxylation is 1. The minimum Gasteiger partial charge on any atom is -0.456 e. The average Bonchev–Trinajstić information content (AvgIpc) is 3.53. The molecule has 0 atom stereocenters. The van der Waals surface area contributed by atoms with Gasteiger partial charge in [0, 0.05) is 45.1 Å². The second-order valence-electron chi connectivity index (χ2n) is 13.1. The highest BCUT2D eigenvalue weighted by molar-refractivity contribution is 6.76. The molecule has 1 saturated carbocycles. The number of fused-ring (bicyclic) bond motifs is 2. The second-order valence-corrected chi connectivity index (χ2v) is 19.1. The van der Waals surface area contributed by atoms with Gasteiger partial charge in [-0.05, 0) is 70.1 Å². The number of hydrogen-bond acceptors (Lipinski definition) is 7. The van der Waals surface area contributed by atoms with Crippen LogP contribution in [0.3, 0.4) is 0 Å². The van der Waals surface area contributed by atoms with Gasteiger partial charge in [-0.25, -0.2) is 9.97 Å². The average molecular weight is 618 g/mol. The normalized spacial score (nSPS) is 17.2. The highest BCUT2D eigenvalue weighted by atomic mass is 35.5. The lowest BCUT2D eigenvalue weighted by molar-refractivity contribution is 0.0885. The summed E-state index contributed by atoms with van der Waals surface area (Å²) in [5.41, 5.74) is 4.80. The summed E-state index contributed by atoms with van der Waals surface area (Å²) in [5.74, 6) is 2.74. The maximum atomic E-state index is 6.88. The molecular weight excluding hydrogens is 578 g/mol. The van der Waals surface area contributed by atoms with E-state index in [-0.39, 0.29) is 0 Å². The summed E-state index contributed by atoms with van der Waals surface area (Å²) < 4.78 is 16.4. The Morgan fingerprint density at radius 2 is 1.84 bits per heavy atom. The molecule has 3 aromatic heterocycles. The molecule has 0 unspecified atom stereocenters. The molecule has 2 aromatic carbocycles. The van der Waals surface area contributed by atoms with Crippen LogP contribution >= 0.6 is 11.6 Å². The predicted molar refractivity (Wildman–Crippen MR) is 175 cm³/mol. The number of ether oxygens (including phenoxy) is 2. The van der Waals surface area contributed by atoms with Gasteiger partial charge in [0.05, 0.1) is 34.6 Å². The van der Waals surface area contributed by atoms with Crippen LogP contribution < -0.4 is 4.74 Å². The SMILES string of the molecule is Cc1nc2ccc(Oc3ccc4ncc(-c5cnn(CC6CC(N(C)C)C6)c5)nc4c3Cl)cc2n1COCC[Si](C)(C)C. The van der Waals surface area contributed by atoms with E-state index in [0.717, 1.165) is 47.3 Å². The van der Waals surface area contributed by atoms with Gasteiger partial charge in [-0.3, -0.25) is 9.67 Å². The Bertz CT molecular complexity index is 1750. The monoisotopic (exact) mass is 617 g/mol. The van der Waals surface area contributed by atoms with Crippen LogP contribution in [0.25, 0.3) is 33.3 Å². The fourth-order valence-electron chi connectivity index (χ4n) is 5.49. The third-order valence-corrected chi connectivity index (χ3v) is 10.4. The fourth-order valence-corrected chi connectivity index (χ4v) is 6.48. The fraction of sp³-hybridized carbons (Fsp3) is 0.438. The van der Waals surface area contributed by atoms with Gasteiger partial charge < -0.3 is 18.9 Å². The van der Waals surface area contributed by atoms with Crippen molar-refractivity contribution in [3.05, 3.63) is 59.8 Å². The number of hydrogen-bond donors (Lipinski definition) is 0. The summed E-state index contributed by atoms with van der Waals surface area (Å²) >= 11 is 6.88. The number of benzene rings is 2. The zero-order valence-electron chi connectivity index (χ0n) is 25.8. The van der Waals surface area contributed by atoms with Gasteiger partial charge in [0.25, 0.3) is 0 Å². The van der Waals surface area contributed by atoms with Crippen LogP contribution in [0.15, 0.2) is 48.9 Å². The van der Waals surface area contributed by atoms with E-state index < -0.39 is 8.07 Å². The Morgan fingerprint density at radius 1 is 1.05 bits per heavy atom. The zero-order valence-corrected chi connectivity index (χ0v) is 27.6. The van der Waals surface area contributed by atoms with Gasteiger partial charge in [0.15, 0.2) is 0 Å². The van der Waals surface area contributed by atoms with Gasteiger partial charge in [0.1, 0.15) is 34.6 Å². The van der Waals surface area contributed by atoms with Crippen molar-refractivity contribution < 1.29 is 9.47 Å². The van der Waals surface area contributed by atoms with Crippen LogP contribution in [-0.4, -0.2) is 69.0 Å². The molecule has 11 heteroatoms. The summed E-state index contributed by atoms with van der Waals surface area (Å²) in [6.45, 7) is 11.2. The Labute approximate surface area is 258 Å². The van der Waals surface area contributed by atoms with Gasteiger partial charge in [-0.15, -0.1) is 0 Å². The standard InChI is InChI=1S/C32H40ClN7O2Si/c1-21-36-26-8-7-25(15-29(26)40(21)20-41-11-12-43(4,5)6)42-30-10-9-27-32(31(30)33)37-28(17-34-27)23-16-35-39(19-23)18-22-13-24(14-22)38(2)3/h7-10,15-17,19,22,24H,11-14,18,20H2,1-6H3. The quantitative estimate of drug-likeness (QED) is 0.114. The first-order chi connectivity index (χ1) is 20.5. The first kappa shape index (κ1) is 29.7. The number of imidazole rings is 1. The summed E-state index contributed by atoms with van der Waals surface area (Å²) in [7, 11) is 3.14. The molecule has 0 aliphatic heterocycles. The Balaban J connectivity index is 1.19. The lowest BCUT2D eigenvalue weighted by Crippen LogP contribution is -2.41. The van der Waals surface area contributed by atoms with E-state index in [0.29, 0.717) is 46.2 Å². The van der Waals surface area contributed by atoms with Crippen LogP contribution in [-0.2, 0) is 18.0 Å². The molecule has 9 nitrogen and oxygen atoms in total. The van der Waals surface area contributed by atoms with Crippen molar-refractivity contribution in [1.82, 2.24) is 34.2 Å². The van der Waals surface area contributed by atoms with Crippen LogP contribution in [0.2, 0.25) is 30.7 Å². The van der Waals surface area contributed by atoms with Crippen LogP contribution in [0, 0.1) is 12.8 Å². The van der Waals surface area contributed by atoms with Crippen LogP contribution in [0.1, 0.15) is 18.7 Å². The number of aromatic nitrogens is 6. The zero-order chi connectivity index (χ0) is 30.3. The summed E-state index contributed by atoms with van der Waals surface area (Å²) in [6.07, 6.45) is 8.08. The molecular formula is C32H40ClN7O2Si. The van der Waals surface area contributed by atoms with Crippen LogP contribution in [0.5, 0.6) is 11.5 Å². The topological polar surface area (TPSA) is 83.1 Å². The molecule has 1 aliphatic rings. The van der Waals surface area contributed by atoms with Gasteiger partial charge in [0.2, 0.25) is 0 Å². The second kappa shape index (κ2) is 12.0. The highest BCUT2D eigenvalue weighted by Gasteiger charge is 2.30. The first-order valence-corrected chi connectivity index (χ1v) is 19.0. The lowest BCUT2D eigenvalue weighted by atomic mass is 9.79. The molecule has 0 spiro atoms. The summed E-state index contributed by atoms with van der Waals surface area (Å²) in [4.78, 5) is 16.5. The van der Waals surface area contributed by atoms with Crippen molar-refractivity contribution >= 4 is 41.7 Å². The Hall–Kier alpha value is -3.31. The largest absolute Gasteiger partial charge is 0.456 e. The van der Waals surface area contributed by atoms with Gasteiger partial charge >= 0.3 is 0 Å². The third-order valence-electron chi connectivity index (χ3n) is 8.29. The smallest absolute Gasteiger partial charge is 0.148 e. The maximum absolute atomic E-state index is 6.88. The lowest BCUT2D eigenvalue weighted by Gasteiger charge is -2.39. The molecule has 3 heterocycles. The van der Waals surface area contributed by atoms with E-state index in [1.165, 1.54) is 12.8 Å². The highest BCUT2D eigenvalue weighted by Crippen LogP contribution is 2.36. The number of nitrogens with zero attached hydrogens (tertiary/aromatic N) is 7. The molecule has 0 amide bonds. The van der Waals surface area contributed by atoms with E-state index in [1.54, 1.807) is 6.20 Å². The van der Waals surface area contributed by atoms with E-state index in [4.69, 9.17) is 31.0 Å². The molecule has 6 rings (SSSR count). The third kappa shape index (κ3) is 6.62. The molecule has 0 radical (unpaired) electrons. The van der Waals surface area contributed by atoms with E-state index in [2.05, 4.69) is 53.3 Å². The van der Waals surface area contributed by atoms with E-state index in [9.17, 15) is 0 Å². The van der Waals surface area contributed by atoms with Crippen molar-refractivity contribution in [3.8, 4) is 22.8 Å². The maximum Gasteiger partial charge on any atom is 0.148 e. The first-order valence-electron chi connectivity index (χ1n) is 14.9. The molecule has 1 aliphatic carbocycles. The molecule has 0 saturated heterocycles. The molecule has 1 fully saturated rings. The van der Waals surface area contributed by atoms with Crippen molar-refractivity contribution in [2.45, 2.75) is 64.8 Å². The predicted octanol–water partition coefficient (Wildman–Crippen LogP) is 7.25. The summed E-state index contributed by atoms with van der Waals surface area (Å²) in [5, 5.41) is 5.01. The molecule has 0 bridgehead atoms. The number of rotatable bonds is 11. The van der Waals surface area contributed by atoms with Crippen molar-refractivity contribution in [2.24, 2.45) is 5.92 Å². The van der Waals surface area contributed by atoms with E-state index >= 15 is 0 Å². The number of halogens is 1. The summed E-state index contributed by atoms with van der Waals surface area (Å²) in [6, 6.07) is 11.4. The minimum absolute atomic E-state index is 0.419. The molecule has 43 heavy (non-hydrogen) atoms. The van der Waals surface area contributed by atoms with Gasteiger partial charge in [-0.1, -0.05) is 31.2 Å². The van der Waals surface area contributed by atoms with E-state index in [1.807, 2.05) is 54.3 Å². The Morgan fingerprint density at radius 3 is 2.60 bits per heavy atom. The molecule has 0 N–H and O–H groups in total. The Kier molecular flexibility index (Phi) is 8.30. The van der Waals surface area contributed by atoms with Crippen molar-refractivity contribution in [1.29, 1.82) is 0 Å². The molecule has 5 aromatic rings. The van der Waals surface area contributed by atoms with Crippen molar-refractivity contribution in [2.75, 3.05) is 20.7 Å². The molecule has 226 valence electrons. The minimum atomic E-state index is -1.15. The van der Waals surface area contributed by atoms with Crippen molar-refractivity contribution in [3.63, 3.8) is 0 Å².